The van der Waals surface area contributed by atoms with E-state index in [0.29, 0.717) is 5.75 Å². The van der Waals surface area contributed by atoms with Gasteiger partial charge in [-0.1, -0.05) is 28.1 Å². The van der Waals surface area contributed by atoms with E-state index in [1.807, 2.05) is 24.3 Å². The van der Waals surface area contributed by atoms with Crippen LogP contribution in [0.25, 0.3) is 0 Å². The number of rotatable bonds is 6. The van der Waals surface area contributed by atoms with E-state index in [-0.39, 0.29) is 12.5 Å². The summed E-state index contributed by atoms with van der Waals surface area (Å²) in [5, 5.41) is 3.88. The van der Waals surface area contributed by atoms with Gasteiger partial charge in [-0.2, -0.15) is 5.10 Å². The summed E-state index contributed by atoms with van der Waals surface area (Å²) in [6.45, 7) is -0.109. The Morgan fingerprint density at radius 2 is 1.95 bits per heavy atom. The van der Waals surface area contributed by atoms with Crippen molar-refractivity contribution >= 4 is 28.1 Å². The van der Waals surface area contributed by atoms with Crippen molar-refractivity contribution in [3.63, 3.8) is 0 Å². The zero-order valence-electron chi connectivity index (χ0n) is 12.0. The molecule has 1 N–H and O–H groups in total. The fourth-order valence-electron chi connectivity index (χ4n) is 1.62. The first kappa shape index (κ1) is 16.0. The zero-order valence-corrected chi connectivity index (χ0v) is 13.5. The summed E-state index contributed by atoms with van der Waals surface area (Å²) >= 11 is 3.37. The zero-order chi connectivity index (χ0) is 15.8. The highest BCUT2D eigenvalue weighted by Crippen LogP contribution is 2.16. The van der Waals surface area contributed by atoms with E-state index >= 15 is 0 Å². The third-order valence-electron chi connectivity index (χ3n) is 2.68. The first-order valence-corrected chi connectivity index (χ1v) is 7.31. The molecule has 0 aliphatic carbocycles. The molecule has 2 rings (SSSR count). The molecule has 1 amide bonds. The number of hydrogen-bond donors (Lipinski definition) is 1. The smallest absolute Gasteiger partial charge is 0.277 e. The van der Waals surface area contributed by atoms with Crippen molar-refractivity contribution < 1.29 is 14.3 Å². The van der Waals surface area contributed by atoms with Crippen LogP contribution in [0.15, 0.2) is 58.1 Å². The Morgan fingerprint density at radius 3 is 2.64 bits per heavy atom. The first-order valence-electron chi connectivity index (χ1n) is 6.52. The maximum atomic E-state index is 11.6. The minimum Gasteiger partial charge on any atom is -0.497 e. The van der Waals surface area contributed by atoms with Gasteiger partial charge < -0.3 is 9.47 Å². The van der Waals surface area contributed by atoms with E-state index in [1.54, 1.807) is 37.6 Å². The molecule has 0 saturated carbocycles. The minimum atomic E-state index is -0.331. The second-order valence-electron chi connectivity index (χ2n) is 4.31. The monoisotopic (exact) mass is 362 g/mol. The third-order valence-corrected chi connectivity index (χ3v) is 3.17. The number of halogens is 1. The number of hydrazone groups is 1. The van der Waals surface area contributed by atoms with Crippen molar-refractivity contribution in [3.05, 3.63) is 58.6 Å². The average molecular weight is 363 g/mol. The molecule has 0 spiro atoms. The molecule has 0 radical (unpaired) electrons. The van der Waals surface area contributed by atoms with Crippen molar-refractivity contribution in [1.82, 2.24) is 5.43 Å². The molecule has 2 aromatic carbocycles. The molecular formula is C16H15BrN2O3. The molecule has 0 saturated heterocycles. The quantitative estimate of drug-likeness (QED) is 0.634. The summed E-state index contributed by atoms with van der Waals surface area (Å²) in [6, 6.07) is 14.6. The molecule has 114 valence electrons. The highest BCUT2D eigenvalue weighted by molar-refractivity contribution is 9.10. The van der Waals surface area contributed by atoms with E-state index in [4.69, 9.17) is 9.47 Å². The molecule has 0 atom stereocenters. The van der Waals surface area contributed by atoms with Crippen LogP contribution < -0.4 is 14.9 Å². The number of carbonyl (C=O) groups is 1. The lowest BCUT2D eigenvalue weighted by molar-refractivity contribution is -0.123. The number of nitrogens with zero attached hydrogens (tertiary/aromatic N) is 1. The van der Waals surface area contributed by atoms with E-state index in [1.165, 1.54) is 0 Å². The van der Waals surface area contributed by atoms with Gasteiger partial charge in [0.05, 0.1) is 13.3 Å². The first-order chi connectivity index (χ1) is 10.7. The highest BCUT2D eigenvalue weighted by Gasteiger charge is 2.01. The fourth-order valence-corrected chi connectivity index (χ4v) is 2.04. The predicted molar refractivity (Wildman–Crippen MR) is 88.4 cm³/mol. The Labute approximate surface area is 137 Å². The normalized spacial score (nSPS) is 10.5. The Morgan fingerprint density at radius 1 is 1.23 bits per heavy atom. The van der Waals surface area contributed by atoms with Gasteiger partial charge in [-0.3, -0.25) is 4.79 Å². The van der Waals surface area contributed by atoms with Crippen LogP contribution in [0.2, 0.25) is 0 Å². The minimum absolute atomic E-state index is 0.109. The van der Waals surface area contributed by atoms with Crippen LogP contribution in [0.1, 0.15) is 5.56 Å². The van der Waals surface area contributed by atoms with Crippen LogP contribution in [0, 0.1) is 0 Å². The molecule has 6 heteroatoms. The number of carbonyl (C=O) groups excluding carboxylic acids is 1. The highest BCUT2D eigenvalue weighted by atomic mass is 79.9. The summed E-state index contributed by atoms with van der Waals surface area (Å²) < 4.78 is 11.3. The lowest BCUT2D eigenvalue weighted by Gasteiger charge is -2.05. The van der Waals surface area contributed by atoms with Crippen LogP contribution in [0.5, 0.6) is 11.5 Å². The molecule has 0 fully saturated rings. The molecule has 5 nitrogen and oxygen atoms in total. The summed E-state index contributed by atoms with van der Waals surface area (Å²) in [4.78, 5) is 11.6. The van der Waals surface area contributed by atoms with E-state index < -0.39 is 0 Å². The molecule has 0 unspecified atom stereocenters. The molecule has 0 aromatic heterocycles. The SMILES string of the molecule is COc1ccc(OCC(=O)N/N=C/c2cccc(Br)c2)cc1. The van der Waals surface area contributed by atoms with Gasteiger partial charge in [-0.15, -0.1) is 0 Å². The lowest BCUT2D eigenvalue weighted by atomic mass is 10.2. The molecule has 0 bridgehead atoms. The van der Waals surface area contributed by atoms with Crippen molar-refractivity contribution in [2.45, 2.75) is 0 Å². The van der Waals surface area contributed by atoms with Gasteiger partial charge in [0.1, 0.15) is 11.5 Å². The fraction of sp³-hybridized carbons (Fsp3) is 0.125. The number of hydrogen-bond acceptors (Lipinski definition) is 4. The summed E-state index contributed by atoms with van der Waals surface area (Å²) in [5.41, 5.74) is 3.29. The van der Waals surface area contributed by atoms with E-state index in [2.05, 4.69) is 26.5 Å². The van der Waals surface area contributed by atoms with E-state index in [9.17, 15) is 4.79 Å². The van der Waals surface area contributed by atoms with Crippen LogP contribution >= 0.6 is 15.9 Å². The number of ether oxygens (including phenoxy) is 2. The Bertz CT molecular complexity index is 657. The van der Waals surface area contributed by atoms with Crippen LogP contribution in [0.3, 0.4) is 0 Å². The largest absolute Gasteiger partial charge is 0.497 e. The third kappa shape index (κ3) is 5.21. The topological polar surface area (TPSA) is 59.9 Å². The molecular weight excluding hydrogens is 348 g/mol. The predicted octanol–water partition coefficient (Wildman–Crippen LogP) is 2.99. The van der Waals surface area contributed by atoms with Gasteiger partial charge >= 0.3 is 0 Å². The second-order valence-corrected chi connectivity index (χ2v) is 5.23. The lowest BCUT2D eigenvalue weighted by Crippen LogP contribution is -2.24. The Hall–Kier alpha value is -2.34. The van der Waals surface area contributed by atoms with Crippen LogP contribution in [-0.2, 0) is 4.79 Å². The van der Waals surface area contributed by atoms with Crippen molar-refractivity contribution in [1.29, 1.82) is 0 Å². The summed E-state index contributed by atoms with van der Waals surface area (Å²) in [7, 11) is 1.59. The van der Waals surface area contributed by atoms with Gasteiger partial charge in [-0.05, 0) is 42.0 Å². The summed E-state index contributed by atoms with van der Waals surface area (Å²) in [5.74, 6) is 0.990. The van der Waals surface area contributed by atoms with Crippen molar-refractivity contribution in [2.24, 2.45) is 5.10 Å². The van der Waals surface area contributed by atoms with Gasteiger partial charge in [-0.25, -0.2) is 5.43 Å². The number of amides is 1. The van der Waals surface area contributed by atoms with Gasteiger partial charge in [0, 0.05) is 4.47 Å². The Kier molecular flexibility index (Phi) is 5.97. The molecule has 0 heterocycles. The molecule has 22 heavy (non-hydrogen) atoms. The number of nitrogens with one attached hydrogen (secondary N) is 1. The Balaban J connectivity index is 1.77. The summed E-state index contributed by atoms with van der Waals surface area (Å²) in [6.07, 6.45) is 1.57. The van der Waals surface area contributed by atoms with Crippen LogP contribution in [0.4, 0.5) is 0 Å². The number of benzene rings is 2. The van der Waals surface area contributed by atoms with E-state index in [0.717, 1.165) is 15.8 Å². The maximum absolute atomic E-state index is 11.6. The van der Waals surface area contributed by atoms with Crippen LogP contribution in [-0.4, -0.2) is 25.8 Å². The van der Waals surface area contributed by atoms with Gasteiger partial charge in [0.25, 0.3) is 5.91 Å². The molecule has 0 aliphatic heterocycles. The number of methoxy groups -OCH3 is 1. The van der Waals surface area contributed by atoms with Gasteiger partial charge in [0.15, 0.2) is 6.61 Å². The standard InChI is InChI=1S/C16H15BrN2O3/c1-21-14-5-7-15(8-6-14)22-11-16(20)19-18-10-12-3-2-4-13(17)9-12/h2-10H,11H2,1H3,(H,19,20)/b18-10+. The maximum Gasteiger partial charge on any atom is 0.277 e. The van der Waals surface area contributed by atoms with Gasteiger partial charge in [0.2, 0.25) is 0 Å². The second kappa shape index (κ2) is 8.19. The molecule has 2 aromatic rings. The van der Waals surface area contributed by atoms with Crippen molar-refractivity contribution in [3.8, 4) is 11.5 Å². The molecule has 0 aliphatic rings. The van der Waals surface area contributed by atoms with Crippen molar-refractivity contribution in [2.75, 3.05) is 13.7 Å². The average Bonchev–Trinajstić information content (AvgIpc) is 2.53.